The molecular weight excluding hydrogens is 478 g/mol. The predicted octanol–water partition coefficient (Wildman–Crippen LogP) is 3.94. The summed E-state index contributed by atoms with van der Waals surface area (Å²) in [6, 6.07) is 14.1. The molecule has 9 heteroatoms. The van der Waals surface area contributed by atoms with Gasteiger partial charge in [-0.2, -0.15) is 0 Å². The van der Waals surface area contributed by atoms with Crippen molar-refractivity contribution in [2.75, 3.05) is 36.0 Å². The zero-order valence-electron chi connectivity index (χ0n) is 20.0. The van der Waals surface area contributed by atoms with Gasteiger partial charge in [-0.1, -0.05) is 48.2 Å². The van der Waals surface area contributed by atoms with E-state index < -0.39 is 0 Å². The van der Waals surface area contributed by atoms with E-state index in [1.165, 1.54) is 17.4 Å². The van der Waals surface area contributed by atoms with Crippen LogP contribution in [0, 0.1) is 6.92 Å². The van der Waals surface area contributed by atoms with Gasteiger partial charge in [-0.3, -0.25) is 18.9 Å². The van der Waals surface area contributed by atoms with Crippen LogP contribution in [0.15, 0.2) is 58.4 Å². The molecule has 2 fully saturated rings. The molecule has 35 heavy (non-hydrogen) atoms. The van der Waals surface area contributed by atoms with E-state index in [0.29, 0.717) is 26.3 Å². The maximum absolute atomic E-state index is 13.7. The minimum Gasteiger partial charge on any atom is -0.368 e. The normalized spacial score (nSPS) is 17.9. The van der Waals surface area contributed by atoms with Crippen LogP contribution in [-0.4, -0.2) is 56.7 Å². The number of amides is 1. The van der Waals surface area contributed by atoms with Crippen molar-refractivity contribution in [3.05, 3.63) is 75.0 Å². The van der Waals surface area contributed by atoms with Crippen LogP contribution in [0.3, 0.4) is 0 Å². The van der Waals surface area contributed by atoms with Gasteiger partial charge in [0.05, 0.1) is 10.5 Å². The second-order valence-electron chi connectivity index (χ2n) is 9.04. The number of hydrogen-bond acceptors (Lipinski definition) is 7. The van der Waals surface area contributed by atoms with Crippen LogP contribution in [-0.2, 0) is 4.79 Å². The Balaban J connectivity index is 1.56. The van der Waals surface area contributed by atoms with E-state index in [1.807, 2.05) is 51.1 Å². The number of aromatic nitrogens is 2. The fourth-order valence-electron chi connectivity index (χ4n) is 4.49. The predicted molar refractivity (Wildman–Crippen MR) is 147 cm³/mol. The van der Waals surface area contributed by atoms with Crippen LogP contribution in [0.1, 0.15) is 25.0 Å². The molecule has 1 aromatic carbocycles. The first-order valence-corrected chi connectivity index (χ1v) is 12.9. The van der Waals surface area contributed by atoms with Crippen molar-refractivity contribution in [2.45, 2.75) is 26.8 Å². The van der Waals surface area contributed by atoms with Gasteiger partial charge in [0.25, 0.3) is 11.5 Å². The van der Waals surface area contributed by atoms with E-state index in [1.54, 1.807) is 21.6 Å². The number of carbonyl (C=O) groups excluding carboxylic acids is 1. The standard InChI is InChI=1S/C26H27N5O2S2/c1-17(2)31-25(33)21(35-26(31)34)15-20-23(27-22-10-9-18(3)16-30(22)24(20)32)29-13-11-28(12-14-29)19-7-5-4-6-8-19/h4-10,15-17H,11-14H2,1-3H3/b21-15-. The SMILES string of the molecule is Cc1ccc2nc(N3CCN(c4ccccc4)CC3)c(/C=C3\SC(=S)N(C(C)C)C3=O)c(=O)n2c1. The fraction of sp³-hybridized carbons (Fsp3) is 0.308. The first kappa shape index (κ1) is 23.6. The highest BCUT2D eigenvalue weighted by atomic mass is 32.2. The number of hydrogen-bond donors (Lipinski definition) is 0. The summed E-state index contributed by atoms with van der Waals surface area (Å²) in [4.78, 5) is 38.2. The number of para-hydroxylation sites is 1. The molecular formula is C26H27N5O2S2. The summed E-state index contributed by atoms with van der Waals surface area (Å²) in [6.45, 7) is 8.87. The van der Waals surface area contributed by atoms with Gasteiger partial charge < -0.3 is 9.80 Å². The lowest BCUT2D eigenvalue weighted by atomic mass is 10.2. The lowest BCUT2D eigenvalue weighted by molar-refractivity contribution is -0.123. The van der Waals surface area contributed by atoms with Crippen molar-refractivity contribution in [1.82, 2.24) is 14.3 Å². The number of nitrogens with zero attached hydrogens (tertiary/aromatic N) is 5. The molecule has 2 saturated heterocycles. The molecule has 0 aliphatic carbocycles. The summed E-state index contributed by atoms with van der Waals surface area (Å²) >= 11 is 6.69. The van der Waals surface area contributed by atoms with Gasteiger partial charge in [-0.15, -0.1) is 0 Å². The number of carbonyl (C=O) groups is 1. The minimum absolute atomic E-state index is 0.0441. The molecule has 2 aromatic heterocycles. The molecule has 0 N–H and O–H groups in total. The third kappa shape index (κ3) is 4.46. The summed E-state index contributed by atoms with van der Waals surface area (Å²) in [6.07, 6.45) is 3.48. The van der Waals surface area contributed by atoms with Gasteiger partial charge in [-0.05, 0) is 50.6 Å². The first-order valence-electron chi connectivity index (χ1n) is 11.7. The Bertz CT molecular complexity index is 1390. The van der Waals surface area contributed by atoms with Crippen molar-refractivity contribution >= 4 is 57.4 Å². The van der Waals surface area contributed by atoms with Crippen molar-refractivity contribution < 1.29 is 4.79 Å². The second-order valence-corrected chi connectivity index (χ2v) is 10.7. The van der Waals surface area contributed by atoms with E-state index in [2.05, 4.69) is 21.9 Å². The number of fused-ring (bicyclic) bond motifs is 1. The van der Waals surface area contributed by atoms with E-state index in [9.17, 15) is 9.59 Å². The van der Waals surface area contributed by atoms with Gasteiger partial charge in [0.1, 0.15) is 15.8 Å². The molecule has 4 heterocycles. The Labute approximate surface area is 214 Å². The molecule has 3 aromatic rings. The van der Waals surface area contributed by atoms with Crippen molar-refractivity contribution in [3.8, 4) is 0 Å². The molecule has 0 saturated carbocycles. The molecule has 0 bridgehead atoms. The number of aryl methyl sites for hydroxylation is 1. The van der Waals surface area contributed by atoms with Crippen LogP contribution in [0.5, 0.6) is 0 Å². The lowest BCUT2D eigenvalue weighted by Crippen LogP contribution is -2.47. The molecule has 0 radical (unpaired) electrons. The Morgan fingerprint density at radius 2 is 1.69 bits per heavy atom. The zero-order valence-corrected chi connectivity index (χ0v) is 21.6. The van der Waals surface area contributed by atoms with Crippen LogP contribution >= 0.6 is 24.0 Å². The number of benzene rings is 1. The second kappa shape index (κ2) is 9.47. The number of anilines is 2. The summed E-state index contributed by atoms with van der Waals surface area (Å²) in [7, 11) is 0. The molecule has 2 aliphatic rings. The first-order chi connectivity index (χ1) is 16.8. The average molecular weight is 506 g/mol. The van der Waals surface area contributed by atoms with E-state index >= 15 is 0 Å². The van der Waals surface area contributed by atoms with E-state index in [0.717, 1.165) is 31.7 Å². The summed E-state index contributed by atoms with van der Waals surface area (Å²) in [5.74, 6) is 0.449. The Morgan fingerprint density at radius 3 is 2.34 bits per heavy atom. The number of pyridine rings is 1. The summed E-state index contributed by atoms with van der Waals surface area (Å²) < 4.78 is 2.08. The van der Waals surface area contributed by atoms with Crippen LogP contribution in [0.2, 0.25) is 0 Å². The molecule has 0 unspecified atom stereocenters. The van der Waals surface area contributed by atoms with Gasteiger partial charge in [0.15, 0.2) is 0 Å². The van der Waals surface area contributed by atoms with E-state index in [4.69, 9.17) is 17.2 Å². The van der Waals surface area contributed by atoms with Crippen LogP contribution in [0.4, 0.5) is 11.5 Å². The topological polar surface area (TPSA) is 61.2 Å². The molecule has 0 atom stereocenters. The van der Waals surface area contributed by atoms with Gasteiger partial charge in [0.2, 0.25) is 0 Å². The Kier molecular flexibility index (Phi) is 6.37. The van der Waals surface area contributed by atoms with Gasteiger partial charge in [-0.25, -0.2) is 4.98 Å². The molecule has 5 rings (SSSR count). The highest BCUT2D eigenvalue weighted by molar-refractivity contribution is 8.26. The summed E-state index contributed by atoms with van der Waals surface area (Å²) in [5.41, 5.74) is 2.97. The van der Waals surface area contributed by atoms with Crippen molar-refractivity contribution in [2.24, 2.45) is 0 Å². The number of thiocarbonyl (C=S) groups is 1. The maximum Gasteiger partial charge on any atom is 0.267 e. The molecule has 7 nitrogen and oxygen atoms in total. The highest BCUT2D eigenvalue weighted by Crippen LogP contribution is 2.35. The third-order valence-corrected chi connectivity index (χ3v) is 7.63. The van der Waals surface area contributed by atoms with Crippen LogP contribution < -0.4 is 15.4 Å². The van der Waals surface area contributed by atoms with Gasteiger partial charge in [0, 0.05) is 44.1 Å². The quantitative estimate of drug-likeness (QED) is 0.393. The average Bonchev–Trinajstić information content (AvgIpc) is 3.14. The Morgan fingerprint density at radius 1 is 1.00 bits per heavy atom. The third-order valence-electron chi connectivity index (χ3n) is 6.30. The molecule has 180 valence electrons. The van der Waals surface area contributed by atoms with Crippen molar-refractivity contribution in [3.63, 3.8) is 0 Å². The number of rotatable bonds is 4. The minimum atomic E-state index is -0.186. The highest BCUT2D eigenvalue weighted by Gasteiger charge is 2.34. The largest absolute Gasteiger partial charge is 0.368 e. The number of thioether (sulfide) groups is 1. The molecule has 1 amide bonds. The van der Waals surface area contributed by atoms with Crippen molar-refractivity contribution in [1.29, 1.82) is 0 Å². The number of piperazine rings is 1. The molecule has 0 spiro atoms. The summed E-state index contributed by atoms with van der Waals surface area (Å²) in [5, 5.41) is 0. The van der Waals surface area contributed by atoms with Gasteiger partial charge >= 0.3 is 0 Å². The monoisotopic (exact) mass is 505 g/mol. The molecule has 2 aliphatic heterocycles. The van der Waals surface area contributed by atoms with E-state index in [-0.39, 0.29) is 17.5 Å². The smallest absolute Gasteiger partial charge is 0.267 e. The zero-order chi connectivity index (χ0) is 24.7. The maximum atomic E-state index is 13.7. The fourth-order valence-corrected chi connectivity index (χ4v) is 5.99. The Hall–Kier alpha value is -3.17. The van der Waals surface area contributed by atoms with Crippen LogP contribution in [0.25, 0.3) is 11.7 Å². The lowest BCUT2D eigenvalue weighted by Gasteiger charge is -2.37.